The molecular formula is C16H15N3O. The van der Waals surface area contributed by atoms with Gasteiger partial charge in [-0.05, 0) is 36.8 Å². The molecule has 20 heavy (non-hydrogen) atoms. The van der Waals surface area contributed by atoms with Crippen LogP contribution in [0.1, 0.15) is 23.1 Å². The van der Waals surface area contributed by atoms with E-state index < -0.39 is 6.10 Å². The molecule has 3 rings (SSSR count). The highest BCUT2D eigenvalue weighted by Gasteiger charge is 2.19. The van der Waals surface area contributed by atoms with Crippen LogP contribution in [-0.4, -0.2) is 19.9 Å². The van der Waals surface area contributed by atoms with E-state index in [1.165, 1.54) is 0 Å². The van der Waals surface area contributed by atoms with Crippen LogP contribution in [0.15, 0.2) is 60.9 Å². The Morgan fingerprint density at radius 2 is 1.80 bits per heavy atom. The van der Waals surface area contributed by atoms with Crippen molar-refractivity contribution >= 4 is 0 Å². The molecule has 1 unspecified atom stereocenters. The van der Waals surface area contributed by atoms with E-state index in [-0.39, 0.29) is 0 Å². The van der Waals surface area contributed by atoms with Crippen LogP contribution in [0.25, 0.3) is 5.69 Å². The van der Waals surface area contributed by atoms with Gasteiger partial charge in [-0.25, -0.2) is 4.68 Å². The van der Waals surface area contributed by atoms with Crippen molar-refractivity contribution in [3.8, 4) is 5.69 Å². The van der Waals surface area contributed by atoms with E-state index in [1.54, 1.807) is 17.1 Å². The van der Waals surface area contributed by atoms with Crippen molar-refractivity contribution in [3.05, 3.63) is 77.9 Å². The van der Waals surface area contributed by atoms with Gasteiger partial charge in [0.15, 0.2) is 0 Å². The highest BCUT2D eigenvalue weighted by atomic mass is 16.3. The van der Waals surface area contributed by atoms with Crippen LogP contribution in [0.4, 0.5) is 0 Å². The number of pyridine rings is 1. The Kier molecular flexibility index (Phi) is 3.31. The van der Waals surface area contributed by atoms with E-state index in [2.05, 4.69) is 10.1 Å². The molecule has 1 N–H and O–H groups in total. The van der Waals surface area contributed by atoms with E-state index in [0.717, 1.165) is 11.3 Å². The number of aryl methyl sites for hydroxylation is 1. The van der Waals surface area contributed by atoms with E-state index in [9.17, 15) is 5.11 Å². The molecule has 2 heterocycles. The van der Waals surface area contributed by atoms with Crippen LogP contribution in [-0.2, 0) is 0 Å². The fraction of sp³-hybridized carbons (Fsp3) is 0.125. The summed E-state index contributed by atoms with van der Waals surface area (Å²) in [5, 5.41) is 14.9. The highest BCUT2D eigenvalue weighted by molar-refractivity contribution is 5.35. The maximum Gasteiger partial charge on any atom is 0.138 e. The summed E-state index contributed by atoms with van der Waals surface area (Å²) in [7, 11) is 0. The summed E-state index contributed by atoms with van der Waals surface area (Å²) in [5.74, 6) is 0. The van der Waals surface area contributed by atoms with Gasteiger partial charge in [-0.1, -0.05) is 24.3 Å². The zero-order valence-electron chi connectivity index (χ0n) is 11.1. The molecule has 2 aromatic heterocycles. The molecule has 0 aliphatic heterocycles. The van der Waals surface area contributed by atoms with Gasteiger partial charge < -0.3 is 5.11 Å². The summed E-state index contributed by atoms with van der Waals surface area (Å²) >= 11 is 0. The second kappa shape index (κ2) is 5.27. The number of hydrogen-bond donors (Lipinski definition) is 1. The van der Waals surface area contributed by atoms with Gasteiger partial charge in [-0.3, -0.25) is 4.98 Å². The Balaban J connectivity index is 2.04. The standard InChI is InChI=1S/C16H15N3O/c1-12-6-5-10-17-15(12)16(20)14-9-11-18-19(14)13-7-3-2-4-8-13/h2-11,16,20H,1H3. The fourth-order valence-corrected chi connectivity index (χ4v) is 2.23. The van der Waals surface area contributed by atoms with Crippen LogP contribution in [0.5, 0.6) is 0 Å². The van der Waals surface area contributed by atoms with Crippen molar-refractivity contribution in [2.75, 3.05) is 0 Å². The van der Waals surface area contributed by atoms with Crippen molar-refractivity contribution in [1.82, 2.24) is 14.8 Å². The van der Waals surface area contributed by atoms with Gasteiger partial charge >= 0.3 is 0 Å². The minimum atomic E-state index is -0.793. The van der Waals surface area contributed by atoms with Gasteiger partial charge in [0.25, 0.3) is 0 Å². The third kappa shape index (κ3) is 2.21. The van der Waals surface area contributed by atoms with E-state index in [1.807, 2.05) is 55.5 Å². The molecule has 0 amide bonds. The number of aliphatic hydroxyl groups is 1. The Labute approximate surface area is 117 Å². The summed E-state index contributed by atoms with van der Waals surface area (Å²) in [5.41, 5.74) is 3.24. The molecule has 0 aliphatic rings. The smallest absolute Gasteiger partial charge is 0.138 e. The third-order valence-electron chi connectivity index (χ3n) is 3.26. The van der Waals surface area contributed by atoms with Crippen molar-refractivity contribution in [2.45, 2.75) is 13.0 Å². The van der Waals surface area contributed by atoms with Gasteiger partial charge in [0.2, 0.25) is 0 Å². The lowest BCUT2D eigenvalue weighted by molar-refractivity contribution is 0.206. The predicted molar refractivity (Wildman–Crippen MR) is 76.6 cm³/mol. The Morgan fingerprint density at radius 1 is 1.00 bits per heavy atom. The monoisotopic (exact) mass is 265 g/mol. The number of para-hydroxylation sites is 1. The normalized spacial score (nSPS) is 12.3. The van der Waals surface area contributed by atoms with Crippen LogP contribution in [0.2, 0.25) is 0 Å². The molecule has 1 aromatic carbocycles. The minimum absolute atomic E-state index is 0.658. The number of aliphatic hydroxyl groups excluding tert-OH is 1. The second-order valence-corrected chi connectivity index (χ2v) is 4.61. The lowest BCUT2D eigenvalue weighted by atomic mass is 10.1. The Morgan fingerprint density at radius 3 is 2.55 bits per heavy atom. The summed E-state index contributed by atoms with van der Waals surface area (Å²) in [6.45, 7) is 1.94. The molecule has 0 fully saturated rings. The van der Waals surface area contributed by atoms with Gasteiger partial charge in [0.05, 0.1) is 17.1 Å². The first kappa shape index (κ1) is 12.6. The first-order valence-corrected chi connectivity index (χ1v) is 6.46. The number of rotatable bonds is 3. The van der Waals surface area contributed by atoms with Gasteiger partial charge in [-0.15, -0.1) is 0 Å². The number of aromatic nitrogens is 3. The zero-order valence-corrected chi connectivity index (χ0v) is 11.1. The number of nitrogens with zero attached hydrogens (tertiary/aromatic N) is 3. The first-order chi connectivity index (χ1) is 9.77. The zero-order chi connectivity index (χ0) is 13.9. The van der Waals surface area contributed by atoms with Crippen molar-refractivity contribution in [2.24, 2.45) is 0 Å². The maximum absolute atomic E-state index is 10.6. The van der Waals surface area contributed by atoms with Crippen LogP contribution >= 0.6 is 0 Å². The molecule has 0 bridgehead atoms. The van der Waals surface area contributed by atoms with Crippen LogP contribution < -0.4 is 0 Å². The molecule has 4 nitrogen and oxygen atoms in total. The summed E-state index contributed by atoms with van der Waals surface area (Å²) in [4.78, 5) is 4.28. The van der Waals surface area contributed by atoms with Gasteiger partial charge in [-0.2, -0.15) is 5.10 Å². The number of hydrogen-bond acceptors (Lipinski definition) is 3. The molecular weight excluding hydrogens is 250 g/mol. The summed E-state index contributed by atoms with van der Waals surface area (Å²) < 4.78 is 1.73. The predicted octanol–water partition coefficient (Wildman–Crippen LogP) is 2.66. The largest absolute Gasteiger partial charge is 0.380 e. The molecule has 0 saturated heterocycles. The molecule has 0 radical (unpaired) electrons. The SMILES string of the molecule is Cc1cccnc1C(O)c1ccnn1-c1ccccc1. The topological polar surface area (TPSA) is 50.9 Å². The third-order valence-corrected chi connectivity index (χ3v) is 3.26. The van der Waals surface area contributed by atoms with E-state index >= 15 is 0 Å². The summed E-state index contributed by atoms with van der Waals surface area (Å²) in [6.07, 6.45) is 2.58. The molecule has 100 valence electrons. The first-order valence-electron chi connectivity index (χ1n) is 6.46. The van der Waals surface area contributed by atoms with Crippen LogP contribution in [0.3, 0.4) is 0 Å². The maximum atomic E-state index is 10.6. The molecule has 1 atom stereocenters. The van der Waals surface area contributed by atoms with E-state index in [4.69, 9.17) is 0 Å². The average molecular weight is 265 g/mol. The van der Waals surface area contributed by atoms with Crippen molar-refractivity contribution in [1.29, 1.82) is 0 Å². The fourth-order valence-electron chi connectivity index (χ4n) is 2.23. The lowest BCUT2D eigenvalue weighted by Crippen LogP contribution is -2.11. The molecule has 0 spiro atoms. The van der Waals surface area contributed by atoms with Crippen molar-refractivity contribution in [3.63, 3.8) is 0 Å². The minimum Gasteiger partial charge on any atom is -0.380 e. The summed E-state index contributed by atoms with van der Waals surface area (Å²) in [6, 6.07) is 15.4. The molecule has 0 saturated carbocycles. The highest BCUT2D eigenvalue weighted by Crippen LogP contribution is 2.24. The second-order valence-electron chi connectivity index (χ2n) is 4.61. The molecule has 0 aliphatic carbocycles. The Bertz CT molecular complexity index is 707. The molecule has 4 heteroatoms. The van der Waals surface area contributed by atoms with E-state index in [0.29, 0.717) is 11.4 Å². The Hall–Kier alpha value is -2.46. The molecule has 3 aromatic rings. The van der Waals surface area contributed by atoms with Gasteiger partial charge in [0, 0.05) is 12.4 Å². The van der Waals surface area contributed by atoms with Crippen molar-refractivity contribution < 1.29 is 5.11 Å². The average Bonchev–Trinajstić information content (AvgIpc) is 2.97. The number of benzene rings is 1. The van der Waals surface area contributed by atoms with Crippen LogP contribution in [0, 0.1) is 6.92 Å². The quantitative estimate of drug-likeness (QED) is 0.792. The van der Waals surface area contributed by atoms with Gasteiger partial charge in [0.1, 0.15) is 6.10 Å². The lowest BCUT2D eigenvalue weighted by Gasteiger charge is -2.14.